The van der Waals surface area contributed by atoms with E-state index >= 15 is 4.39 Å². The van der Waals surface area contributed by atoms with Gasteiger partial charge in [0.05, 0.1) is 12.1 Å². The van der Waals surface area contributed by atoms with E-state index in [1.165, 1.54) is 28.4 Å². The summed E-state index contributed by atoms with van der Waals surface area (Å²) in [5.74, 6) is -0.863. The number of nitrogens with zero attached hydrogens (tertiary/aromatic N) is 2. The molecular formula is C22H27FN2O5S. The number of hydrogen-bond donors (Lipinski definition) is 1. The van der Waals surface area contributed by atoms with Gasteiger partial charge >= 0.3 is 12.1 Å². The quantitative estimate of drug-likeness (QED) is 0.694. The predicted octanol–water partition coefficient (Wildman–Crippen LogP) is 4.93. The highest BCUT2D eigenvalue weighted by Crippen LogP contribution is 2.32. The van der Waals surface area contributed by atoms with Gasteiger partial charge in [-0.1, -0.05) is 0 Å². The summed E-state index contributed by atoms with van der Waals surface area (Å²) in [6.45, 7) is 7.17. The molecule has 2 aromatic rings. The van der Waals surface area contributed by atoms with Crippen LogP contribution < -0.4 is 4.74 Å². The van der Waals surface area contributed by atoms with E-state index in [0.29, 0.717) is 23.5 Å². The number of aromatic carboxylic acids is 1. The van der Waals surface area contributed by atoms with E-state index in [1.54, 1.807) is 33.0 Å². The SMILES string of the molecule is Cc1cnc(-c2cc(OCC3(F)CCCN(C(=O)OC(C)(C)C)C3)cc(C(=O)O)c2)s1. The highest BCUT2D eigenvalue weighted by atomic mass is 32.1. The van der Waals surface area contributed by atoms with Crippen molar-refractivity contribution in [1.29, 1.82) is 0 Å². The maximum atomic E-state index is 15.5. The van der Waals surface area contributed by atoms with Crippen LogP contribution in [0.2, 0.25) is 0 Å². The number of likely N-dealkylation sites (tertiary alicyclic amines) is 1. The van der Waals surface area contributed by atoms with Crippen LogP contribution in [0, 0.1) is 6.92 Å². The van der Waals surface area contributed by atoms with Crippen molar-refractivity contribution in [1.82, 2.24) is 9.88 Å². The lowest BCUT2D eigenvalue weighted by atomic mass is 9.96. The van der Waals surface area contributed by atoms with Crippen LogP contribution in [0.15, 0.2) is 24.4 Å². The first-order chi connectivity index (χ1) is 14.4. The molecule has 1 fully saturated rings. The lowest BCUT2D eigenvalue weighted by molar-refractivity contribution is -0.0191. The molecule has 7 nitrogen and oxygen atoms in total. The number of piperidine rings is 1. The molecule has 9 heteroatoms. The zero-order chi connectivity index (χ0) is 22.8. The van der Waals surface area contributed by atoms with Crippen LogP contribution >= 0.6 is 11.3 Å². The normalized spacial score (nSPS) is 19.2. The Kier molecular flexibility index (Phi) is 6.54. The number of carbonyl (C=O) groups is 2. The zero-order valence-electron chi connectivity index (χ0n) is 18.1. The van der Waals surface area contributed by atoms with Crippen molar-refractivity contribution < 1.29 is 28.6 Å². The molecule has 0 spiro atoms. The van der Waals surface area contributed by atoms with Crippen LogP contribution in [-0.2, 0) is 4.74 Å². The Labute approximate surface area is 184 Å². The average molecular weight is 451 g/mol. The first-order valence-electron chi connectivity index (χ1n) is 10.0. The van der Waals surface area contributed by atoms with Crippen molar-refractivity contribution in [2.24, 2.45) is 0 Å². The number of ether oxygens (including phenoxy) is 2. The minimum atomic E-state index is -1.76. The zero-order valence-corrected chi connectivity index (χ0v) is 18.9. The summed E-state index contributed by atoms with van der Waals surface area (Å²) < 4.78 is 26.5. The molecule has 1 atom stereocenters. The van der Waals surface area contributed by atoms with E-state index in [2.05, 4.69) is 4.98 Å². The average Bonchev–Trinajstić information content (AvgIpc) is 3.11. The second-order valence-electron chi connectivity index (χ2n) is 8.77. The van der Waals surface area contributed by atoms with Gasteiger partial charge in [-0.2, -0.15) is 0 Å². The molecule has 1 unspecified atom stereocenters. The Morgan fingerprint density at radius 1 is 1.32 bits per heavy atom. The van der Waals surface area contributed by atoms with Crippen LogP contribution in [-0.4, -0.2) is 58.0 Å². The molecule has 0 bridgehead atoms. The molecule has 2 heterocycles. The van der Waals surface area contributed by atoms with Gasteiger partial charge in [0, 0.05) is 23.2 Å². The van der Waals surface area contributed by atoms with Crippen molar-refractivity contribution in [3.05, 3.63) is 34.8 Å². The number of hydrogen-bond acceptors (Lipinski definition) is 6. The fraction of sp³-hybridized carbons (Fsp3) is 0.500. The number of halogens is 1. The molecule has 1 aromatic carbocycles. The van der Waals surface area contributed by atoms with Crippen LogP contribution in [0.25, 0.3) is 10.6 Å². The first kappa shape index (κ1) is 23.0. The van der Waals surface area contributed by atoms with Gasteiger partial charge in [-0.3, -0.25) is 0 Å². The summed E-state index contributed by atoms with van der Waals surface area (Å²) in [6, 6.07) is 4.54. The number of carbonyl (C=O) groups excluding carboxylic acids is 1. The molecule has 1 aliphatic rings. The molecule has 1 saturated heterocycles. The van der Waals surface area contributed by atoms with Crippen LogP contribution in [0.3, 0.4) is 0 Å². The Balaban J connectivity index is 1.74. The molecule has 0 aliphatic carbocycles. The number of aromatic nitrogens is 1. The van der Waals surface area contributed by atoms with Gasteiger partial charge in [-0.25, -0.2) is 19.0 Å². The molecule has 168 valence electrons. The highest BCUT2D eigenvalue weighted by molar-refractivity contribution is 7.14. The second-order valence-corrected chi connectivity index (χ2v) is 10.0. The van der Waals surface area contributed by atoms with E-state index in [1.807, 2.05) is 6.92 Å². The second kappa shape index (κ2) is 8.82. The van der Waals surface area contributed by atoms with Gasteiger partial charge in [-0.15, -0.1) is 11.3 Å². The minimum absolute atomic E-state index is 0.0345. The third kappa shape index (κ3) is 6.16. The van der Waals surface area contributed by atoms with Gasteiger partial charge in [0.2, 0.25) is 0 Å². The molecule has 1 amide bonds. The largest absolute Gasteiger partial charge is 0.490 e. The topological polar surface area (TPSA) is 89.0 Å². The lowest BCUT2D eigenvalue weighted by Crippen LogP contribution is -2.51. The third-order valence-electron chi connectivity index (χ3n) is 4.70. The van der Waals surface area contributed by atoms with Crippen molar-refractivity contribution >= 4 is 23.4 Å². The Morgan fingerprint density at radius 3 is 2.68 bits per heavy atom. The fourth-order valence-electron chi connectivity index (χ4n) is 3.32. The van der Waals surface area contributed by atoms with Crippen LogP contribution in [0.4, 0.5) is 9.18 Å². The summed E-state index contributed by atoms with van der Waals surface area (Å²) in [5, 5.41) is 10.1. The number of amides is 1. The monoisotopic (exact) mass is 450 g/mol. The number of alkyl halides is 1. The number of carboxylic acids is 1. The van der Waals surface area contributed by atoms with E-state index in [4.69, 9.17) is 9.47 Å². The minimum Gasteiger partial charge on any atom is -0.490 e. The van der Waals surface area contributed by atoms with Gasteiger partial charge in [0.15, 0.2) is 5.67 Å². The number of thiazole rings is 1. The molecule has 31 heavy (non-hydrogen) atoms. The Bertz CT molecular complexity index is 971. The molecule has 0 radical (unpaired) electrons. The number of benzene rings is 1. The fourth-order valence-corrected chi connectivity index (χ4v) is 4.07. The van der Waals surface area contributed by atoms with Crippen molar-refractivity contribution in [2.75, 3.05) is 19.7 Å². The molecule has 1 N–H and O–H groups in total. The molecule has 1 aliphatic heterocycles. The maximum Gasteiger partial charge on any atom is 0.410 e. The summed E-state index contributed by atoms with van der Waals surface area (Å²) in [6.07, 6.45) is 1.88. The van der Waals surface area contributed by atoms with Gasteiger partial charge in [0.1, 0.15) is 23.0 Å². The number of aryl methyl sites for hydroxylation is 1. The predicted molar refractivity (Wildman–Crippen MR) is 116 cm³/mol. The van der Waals surface area contributed by atoms with Crippen LogP contribution in [0.5, 0.6) is 5.75 Å². The maximum absolute atomic E-state index is 15.5. The van der Waals surface area contributed by atoms with Gasteiger partial charge in [0.25, 0.3) is 0 Å². The van der Waals surface area contributed by atoms with E-state index in [0.717, 1.165) is 4.88 Å². The van der Waals surface area contributed by atoms with E-state index in [9.17, 15) is 14.7 Å². The summed E-state index contributed by atoms with van der Waals surface area (Å²) >= 11 is 1.43. The van der Waals surface area contributed by atoms with Gasteiger partial charge < -0.3 is 19.5 Å². The molecule has 1 aromatic heterocycles. The molecular weight excluding hydrogens is 423 g/mol. The van der Waals surface area contributed by atoms with Crippen molar-refractivity contribution in [3.8, 4) is 16.3 Å². The third-order valence-corrected chi connectivity index (χ3v) is 5.66. The standard InChI is InChI=1S/C22H27FN2O5S/c1-14-11-24-18(31-14)15-8-16(19(26)27)10-17(9-15)29-13-22(23)6-5-7-25(12-22)20(28)30-21(2,3)4/h8-11H,5-7,12-13H2,1-4H3,(H,26,27). The summed E-state index contributed by atoms with van der Waals surface area (Å²) in [4.78, 5) is 30.5. The first-order valence-corrected chi connectivity index (χ1v) is 10.9. The highest BCUT2D eigenvalue weighted by Gasteiger charge is 2.39. The lowest BCUT2D eigenvalue weighted by Gasteiger charge is -2.37. The number of rotatable bonds is 5. The summed E-state index contributed by atoms with van der Waals surface area (Å²) in [5.41, 5.74) is -1.79. The van der Waals surface area contributed by atoms with E-state index < -0.39 is 23.3 Å². The number of carboxylic acid groups (broad SMARTS) is 1. The van der Waals surface area contributed by atoms with Crippen molar-refractivity contribution in [3.63, 3.8) is 0 Å². The van der Waals surface area contributed by atoms with Gasteiger partial charge in [-0.05, 0) is 58.7 Å². The Hall–Kier alpha value is -2.68. The Morgan fingerprint density at radius 2 is 2.06 bits per heavy atom. The van der Waals surface area contributed by atoms with Crippen LogP contribution in [0.1, 0.15) is 48.8 Å². The molecule has 3 rings (SSSR count). The van der Waals surface area contributed by atoms with E-state index in [-0.39, 0.29) is 30.9 Å². The smallest absolute Gasteiger partial charge is 0.410 e. The van der Waals surface area contributed by atoms with Crippen molar-refractivity contribution in [2.45, 2.75) is 51.8 Å². The molecule has 0 saturated carbocycles. The summed E-state index contributed by atoms with van der Waals surface area (Å²) in [7, 11) is 0.